The molecule has 0 spiro atoms. The van der Waals surface area contributed by atoms with Gasteiger partial charge in [-0.2, -0.15) is 0 Å². The normalized spacial score (nSPS) is 11.5. The first-order chi connectivity index (χ1) is 12.0. The Morgan fingerprint density at radius 2 is 1.88 bits per heavy atom. The van der Waals surface area contributed by atoms with Crippen molar-refractivity contribution in [2.24, 2.45) is 0 Å². The second kappa shape index (κ2) is 9.22. The maximum Gasteiger partial charge on any atom is 0.251 e. The molecule has 5 nitrogen and oxygen atoms in total. The Labute approximate surface area is 155 Å². The van der Waals surface area contributed by atoms with Gasteiger partial charge in [0.1, 0.15) is 5.75 Å². The molecule has 0 aliphatic heterocycles. The van der Waals surface area contributed by atoms with E-state index in [1.807, 2.05) is 44.2 Å². The summed E-state index contributed by atoms with van der Waals surface area (Å²) in [7, 11) is 0. The van der Waals surface area contributed by atoms with Crippen LogP contribution >= 0.6 is 15.9 Å². The molecule has 2 amide bonds. The standard InChI is InChI=1S/C19H21BrN2O3/c1-3-25-17-9-7-14(8-10-17)13(2)22-18(23)12-21-19(24)15-5-4-6-16(20)11-15/h4-11,13H,3,12H2,1-2H3,(H,21,24)(H,22,23)/t13-/m1/s1. The Bertz CT molecular complexity index is 732. The quantitative estimate of drug-likeness (QED) is 0.742. The summed E-state index contributed by atoms with van der Waals surface area (Å²) in [5, 5.41) is 5.48. The molecular formula is C19H21BrN2O3. The van der Waals surface area contributed by atoms with Crippen LogP contribution in [-0.4, -0.2) is 25.0 Å². The summed E-state index contributed by atoms with van der Waals surface area (Å²) in [5.41, 5.74) is 1.47. The average molecular weight is 405 g/mol. The molecule has 6 heteroatoms. The summed E-state index contributed by atoms with van der Waals surface area (Å²) < 4.78 is 6.21. The lowest BCUT2D eigenvalue weighted by molar-refractivity contribution is -0.120. The highest BCUT2D eigenvalue weighted by molar-refractivity contribution is 9.10. The highest BCUT2D eigenvalue weighted by Crippen LogP contribution is 2.17. The third-order valence-electron chi connectivity index (χ3n) is 3.56. The molecule has 0 saturated carbocycles. The molecule has 2 aromatic rings. The number of carbonyl (C=O) groups is 2. The van der Waals surface area contributed by atoms with Gasteiger partial charge in [0.2, 0.25) is 5.91 Å². The first-order valence-corrected chi connectivity index (χ1v) is 8.84. The largest absolute Gasteiger partial charge is 0.494 e. The summed E-state index contributed by atoms with van der Waals surface area (Å²) in [6, 6.07) is 14.4. The van der Waals surface area contributed by atoms with E-state index in [1.54, 1.807) is 18.2 Å². The van der Waals surface area contributed by atoms with Gasteiger partial charge in [-0.25, -0.2) is 0 Å². The minimum atomic E-state index is -0.287. The number of nitrogens with one attached hydrogen (secondary N) is 2. The number of carbonyl (C=O) groups excluding carboxylic acids is 2. The highest BCUT2D eigenvalue weighted by atomic mass is 79.9. The van der Waals surface area contributed by atoms with Crippen molar-refractivity contribution in [3.63, 3.8) is 0 Å². The second-order valence-electron chi connectivity index (χ2n) is 5.48. The third kappa shape index (κ3) is 5.90. The minimum absolute atomic E-state index is 0.0767. The van der Waals surface area contributed by atoms with Crippen LogP contribution in [0.3, 0.4) is 0 Å². The summed E-state index contributed by atoms with van der Waals surface area (Å²) in [6.07, 6.45) is 0. The molecule has 1 atom stereocenters. The van der Waals surface area contributed by atoms with Crippen LogP contribution in [0.4, 0.5) is 0 Å². The van der Waals surface area contributed by atoms with Crippen LogP contribution in [0.1, 0.15) is 35.8 Å². The van der Waals surface area contributed by atoms with E-state index in [4.69, 9.17) is 4.74 Å². The summed E-state index contributed by atoms with van der Waals surface area (Å²) in [4.78, 5) is 24.1. The number of benzene rings is 2. The summed E-state index contributed by atoms with van der Waals surface area (Å²) in [6.45, 7) is 4.36. The zero-order valence-electron chi connectivity index (χ0n) is 14.2. The van der Waals surface area contributed by atoms with Crippen molar-refractivity contribution < 1.29 is 14.3 Å². The molecule has 0 radical (unpaired) electrons. The van der Waals surface area contributed by atoms with Crippen LogP contribution in [0.2, 0.25) is 0 Å². The molecule has 2 aromatic carbocycles. The van der Waals surface area contributed by atoms with E-state index in [1.165, 1.54) is 0 Å². The average Bonchev–Trinajstić information content (AvgIpc) is 2.60. The van der Waals surface area contributed by atoms with Gasteiger partial charge in [-0.05, 0) is 49.7 Å². The lowest BCUT2D eigenvalue weighted by Crippen LogP contribution is -2.38. The molecule has 132 valence electrons. The minimum Gasteiger partial charge on any atom is -0.494 e. The number of hydrogen-bond acceptors (Lipinski definition) is 3. The van der Waals surface area contributed by atoms with Gasteiger partial charge in [0.05, 0.1) is 19.2 Å². The van der Waals surface area contributed by atoms with E-state index in [-0.39, 0.29) is 24.4 Å². The van der Waals surface area contributed by atoms with Gasteiger partial charge < -0.3 is 15.4 Å². The molecule has 0 heterocycles. The van der Waals surface area contributed by atoms with Gasteiger partial charge >= 0.3 is 0 Å². The molecule has 2 rings (SSSR count). The van der Waals surface area contributed by atoms with Crippen LogP contribution in [0.15, 0.2) is 53.0 Å². The van der Waals surface area contributed by atoms with Crippen LogP contribution in [0, 0.1) is 0 Å². The molecule has 2 N–H and O–H groups in total. The van der Waals surface area contributed by atoms with Gasteiger partial charge in [0.25, 0.3) is 5.91 Å². The molecule has 0 unspecified atom stereocenters. The fourth-order valence-electron chi connectivity index (χ4n) is 2.29. The molecule has 0 aromatic heterocycles. The lowest BCUT2D eigenvalue weighted by atomic mass is 10.1. The second-order valence-corrected chi connectivity index (χ2v) is 6.40. The fourth-order valence-corrected chi connectivity index (χ4v) is 2.69. The highest BCUT2D eigenvalue weighted by Gasteiger charge is 2.12. The summed E-state index contributed by atoms with van der Waals surface area (Å²) >= 11 is 3.32. The predicted octanol–water partition coefficient (Wildman–Crippen LogP) is 3.46. The van der Waals surface area contributed by atoms with Crippen molar-refractivity contribution in [1.29, 1.82) is 0 Å². The smallest absolute Gasteiger partial charge is 0.251 e. The number of amides is 2. The molecule has 0 saturated heterocycles. The van der Waals surface area contributed by atoms with Crippen molar-refractivity contribution in [2.75, 3.05) is 13.2 Å². The molecular weight excluding hydrogens is 384 g/mol. The van der Waals surface area contributed by atoms with Crippen molar-refractivity contribution in [1.82, 2.24) is 10.6 Å². The van der Waals surface area contributed by atoms with E-state index in [0.717, 1.165) is 15.8 Å². The predicted molar refractivity (Wildman–Crippen MR) is 101 cm³/mol. The van der Waals surface area contributed by atoms with E-state index in [0.29, 0.717) is 12.2 Å². The maximum atomic E-state index is 12.0. The van der Waals surface area contributed by atoms with Crippen molar-refractivity contribution in [3.8, 4) is 5.75 Å². The van der Waals surface area contributed by atoms with E-state index >= 15 is 0 Å². The molecule has 0 bridgehead atoms. The fraction of sp³-hybridized carbons (Fsp3) is 0.263. The molecule has 0 fully saturated rings. The number of halogens is 1. The first-order valence-electron chi connectivity index (χ1n) is 8.05. The van der Waals surface area contributed by atoms with E-state index in [9.17, 15) is 9.59 Å². The monoisotopic (exact) mass is 404 g/mol. The maximum absolute atomic E-state index is 12.0. The Hall–Kier alpha value is -2.34. The zero-order valence-corrected chi connectivity index (χ0v) is 15.8. The Morgan fingerprint density at radius 1 is 1.16 bits per heavy atom. The zero-order chi connectivity index (χ0) is 18.2. The topological polar surface area (TPSA) is 67.4 Å². The third-order valence-corrected chi connectivity index (χ3v) is 4.06. The Morgan fingerprint density at radius 3 is 2.52 bits per heavy atom. The Balaban J connectivity index is 1.83. The molecule has 0 aliphatic carbocycles. The number of hydrogen-bond donors (Lipinski definition) is 2. The van der Waals surface area contributed by atoms with Crippen molar-refractivity contribution in [2.45, 2.75) is 19.9 Å². The van der Waals surface area contributed by atoms with Gasteiger partial charge in [-0.15, -0.1) is 0 Å². The van der Waals surface area contributed by atoms with E-state index in [2.05, 4.69) is 26.6 Å². The van der Waals surface area contributed by atoms with Crippen LogP contribution in [0.5, 0.6) is 5.75 Å². The van der Waals surface area contributed by atoms with Gasteiger partial charge in [0.15, 0.2) is 0 Å². The van der Waals surface area contributed by atoms with Gasteiger partial charge in [-0.3, -0.25) is 9.59 Å². The van der Waals surface area contributed by atoms with Crippen molar-refractivity contribution >= 4 is 27.7 Å². The SMILES string of the molecule is CCOc1ccc([C@@H](C)NC(=O)CNC(=O)c2cccc(Br)c2)cc1. The Kier molecular flexibility index (Phi) is 7.01. The van der Waals surface area contributed by atoms with E-state index < -0.39 is 0 Å². The summed E-state index contributed by atoms with van der Waals surface area (Å²) in [5.74, 6) is 0.265. The van der Waals surface area contributed by atoms with Crippen LogP contribution < -0.4 is 15.4 Å². The number of rotatable bonds is 7. The van der Waals surface area contributed by atoms with Crippen molar-refractivity contribution in [3.05, 3.63) is 64.1 Å². The van der Waals surface area contributed by atoms with Crippen LogP contribution in [0.25, 0.3) is 0 Å². The number of ether oxygens (including phenoxy) is 1. The van der Waals surface area contributed by atoms with Gasteiger partial charge in [0, 0.05) is 10.0 Å². The molecule has 25 heavy (non-hydrogen) atoms. The van der Waals surface area contributed by atoms with Crippen LogP contribution in [-0.2, 0) is 4.79 Å². The van der Waals surface area contributed by atoms with Gasteiger partial charge in [-0.1, -0.05) is 34.1 Å². The lowest BCUT2D eigenvalue weighted by Gasteiger charge is -2.15. The first kappa shape index (κ1) is 19.0. The molecule has 0 aliphatic rings.